The highest BCUT2D eigenvalue weighted by atomic mass is 19.4. The fourth-order valence-electron chi connectivity index (χ4n) is 2.98. The molecule has 1 atom stereocenters. The molecule has 0 spiro atoms. The van der Waals surface area contributed by atoms with E-state index in [9.17, 15) is 13.2 Å². The van der Waals surface area contributed by atoms with Crippen molar-refractivity contribution in [1.82, 2.24) is 14.9 Å². The lowest BCUT2D eigenvalue weighted by molar-refractivity contribution is -0.137. The number of hydrogen-bond acceptors (Lipinski definition) is 3. The van der Waals surface area contributed by atoms with Crippen molar-refractivity contribution in [3.63, 3.8) is 0 Å². The van der Waals surface area contributed by atoms with Crippen LogP contribution in [-0.2, 0) is 6.18 Å². The van der Waals surface area contributed by atoms with Crippen molar-refractivity contribution in [2.45, 2.75) is 24.9 Å². The van der Waals surface area contributed by atoms with Crippen molar-refractivity contribution in [3.05, 3.63) is 47.9 Å². The molecule has 1 aromatic heterocycles. The van der Waals surface area contributed by atoms with Gasteiger partial charge >= 0.3 is 6.18 Å². The zero-order valence-electron chi connectivity index (χ0n) is 12.8. The second-order valence-corrected chi connectivity index (χ2v) is 6.01. The van der Waals surface area contributed by atoms with Crippen molar-refractivity contribution >= 4 is 0 Å². The van der Waals surface area contributed by atoms with Crippen LogP contribution in [0.25, 0.3) is 11.3 Å². The number of piperidine rings is 1. The summed E-state index contributed by atoms with van der Waals surface area (Å²) in [6, 6.07) is 5.23. The van der Waals surface area contributed by atoms with Gasteiger partial charge in [-0.05, 0) is 38.6 Å². The topological polar surface area (TPSA) is 29.0 Å². The van der Waals surface area contributed by atoms with E-state index in [4.69, 9.17) is 0 Å². The number of hydrogen-bond donors (Lipinski definition) is 0. The predicted molar refractivity (Wildman–Crippen MR) is 81.9 cm³/mol. The van der Waals surface area contributed by atoms with E-state index >= 15 is 0 Å². The van der Waals surface area contributed by atoms with Gasteiger partial charge in [-0.15, -0.1) is 0 Å². The Morgan fingerprint density at radius 2 is 2.04 bits per heavy atom. The summed E-state index contributed by atoms with van der Waals surface area (Å²) >= 11 is 0. The molecule has 2 aromatic rings. The first-order chi connectivity index (χ1) is 10.9. The molecular weight excluding hydrogens is 303 g/mol. The number of aromatic nitrogens is 2. The highest BCUT2D eigenvalue weighted by Gasteiger charge is 2.30. The van der Waals surface area contributed by atoms with E-state index in [2.05, 4.69) is 21.9 Å². The van der Waals surface area contributed by atoms with Crippen molar-refractivity contribution in [1.29, 1.82) is 0 Å². The minimum Gasteiger partial charge on any atom is -0.306 e. The Balaban J connectivity index is 1.91. The third-order valence-electron chi connectivity index (χ3n) is 4.18. The van der Waals surface area contributed by atoms with Gasteiger partial charge in [0.25, 0.3) is 0 Å². The summed E-state index contributed by atoms with van der Waals surface area (Å²) in [4.78, 5) is 11.0. The third-order valence-corrected chi connectivity index (χ3v) is 4.18. The van der Waals surface area contributed by atoms with E-state index < -0.39 is 11.7 Å². The Bertz CT molecular complexity index is 685. The zero-order chi connectivity index (χ0) is 16.4. The molecule has 0 bridgehead atoms. The van der Waals surface area contributed by atoms with Crippen LogP contribution in [0.2, 0.25) is 0 Å². The van der Waals surface area contributed by atoms with Gasteiger partial charge in [0.15, 0.2) is 0 Å². The lowest BCUT2D eigenvalue weighted by atomic mass is 9.95. The molecule has 23 heavy (non-hydrogen) atoms. The molecule has 3 rings (SSSR count). The molecule has 1 aliphatic rings. The minimum atomic E-state index is -4.35. The summed E-state index contributed by atoms with van der Waals surface area (Å²) in [5.74, 6) is 0.284. The van der Waals surface area contributed by atoms with E-state index in [1.807, 2.05) is 0 Å². The molecule has 0 aliphatic carbocycles. The van der Waals surface area contributed by atoms with Crippen LogP contribution in [0, 0.1) is 0 Å². The molecule has 0 amide bonds. The van der Waals surface area contributed by atoms with Crippen molar-refractivity contribution in [2.24, 2.45) is 0 Å². The minimum absolute atomic E-state index is 0.284. The van der Waals surface area contributed by atoms with Crippen LogP contribution >= 0.6 is 0 Å². The van der Waals surface area contributed by atoms with Gasteiger partial charge in [0.1, 0.15) is 0 Å². The largest absolute Gasteiger partial charge is 0.416 e. The van der Waals surface area contributed by atoms with Crippen LogP contribution in [0.1, 0.15) is 30.0 Å². The highest BCUT2D eigenvalue weighted by Crippen LogP contribution is 2.32. The second kappa shape index (κ2) is 6.28. The number of alkyl halides is 3. The van der Waals surface area contributed by atoms with Gasteiger partial charge in [-0.2, -0.15) is 13.2 Å². The summed E-state index contributed by atoms with van der Waals surface area (Å²) in [7, 11) is 2.07. The summed E-state index contributed by atoms with van der Waals surface area (Å²) < 4.78 is 38.6. The van der Waals surface area contributed by atoms with Crippen LogP contribution in [0.3, 0.4) is 0 Å². The molecule has 6 heteroatoms. The van der Waals surface area contributed by atoms with Crippen LogP contribution in [-0.4, -0.2) is 35.0 Å². The molecule has 2 heterocycles. The zero-order valence-corrected chi connectivity index (χ0v) is 12.8. The normalized spacial score (nSPS) is 19.7. The lowest BCUT2D eigenvalue weighted by Gasteiger charge is -2.29. The highest BCUT2D eigenvalue weighted by molar-refractivity contribution is 5.59. The van der Waals surface area contributed by atoms with E-state index in [0.29, 0.717) is 11.3 Å². The molecule has 0 unspecified atom stereocenters. The Morgan fingerprint density at radius 1 is 1.22 bits per heavy atom. The van der Waals surface area contributed by atoms with E-state index in [0.717, 1.165) is 43.8 Å². The van der Waals surface area contributed by atoms with Gasteiger partial charge in [-0.1, -0.05) is 12.1 Å². The molecular formula is C17H18F3N3. The predicted octanol–water partition coefficient (Wildman–Crippen LogP) is 3.97. The van der Waals surface area contributed by atoms with Gasteiger partial charge in [0, 0.05) is 24.2 Å². The molecule has 122 valence electrons. The molecule has 0 N–H and O–H groups in total. The monoisotopic (exact) mass is 321 g/mol. The SMILES string of the molecule is CN1CCC[C@@H](c2cncc(-c3cccc(C(F)(F)F)c3)n2)C1. The molecule has 1 aliphatic heterocycles. The Morgan fingerprint density at radius 3 is 2.78 bits per heavy atom. The summed E-state index contributed by atoms with van der Waals surface area (Å²) in [5, 5.41) is 0. The molecule has 1 saturated heterocycles. The van der Waals surface area contributed by atoms with E-state index in [1.54, 1.807) is 12.3 Å². The number of rotatable bonds is 2. The first kappa shape index (κ1) is 15.9. The standard InChI is InChI=1S/C17H18F3N3/c1-23-7-3-5-13(11-23)16-10-21-9-15(22-16)12-4-2-6-14(8-12)17(18,19)20/h2,4,6,8-10,13H,3,5,7,11H2,1H3/t13-/m1/s1. The smallest absolute Gasteiger partial charge is 0.306 e. The van der Waals surface area contributed by atoms with Gasteiger partial charge in [0.05, 0.1) is 23.1 Å². The van der Waals surface area contributed by atoms with Crippen LogP contribution in [0.4, 0.5) is 13.2 Å². The summed E-state index contributed by atoms with van der Waals surface area (Å²) in [5.41, 5.74) is 1.12. The van der Waals surface area contributed by atoms with Crippen LogP contribution in [0.15, 0.2) is 36.7 Å². The summed E-state index contributed by atoms with van der Waals surface area (Å²) in [6.07, 6.45) is 1.02. The van der Waals surface area contributed by atoms with Gasteiger partial charge in [-0.25, -0.2) is 4.98 Å². The fraction of sp³-hybridized carbons (Fsp3) is 0.412. The maximum absolute atomic E-state index is 12.9. The van der Waals surface area contributed by atoms with E-state index in [1.165, 1.54) is 12.3 Å². The van der Waals surface area contributed by atoms with Crippen LogP contribution < -0.4 is 0 Å². The Labute approximate surface area is 133 Å². The Kier molecular flexibility index (Phi) is 4.35. The quantitative estimate of drug-likeness (QED) is 0.838. The lowest BCUT2D eigenvalue weighted by Crippen LogP contribution is -2.31. The van der Waals surface area contributed by atoms with Crippen LogP contribution in [0.5, 0.6) is 0 Å². The maximum Gasteiger partial charge on any atom is 0.416 e. The molecule has 0 saturated carbocycles. The van der Waals surface area contributed by atoms with Gasteiger partial charge < -0.3 is 4.90 Å². The second-order valence-electron chi connectivity index (χ2n) is 6.01. The van der Waals surface area contributed by atoms with Crippen molar-refractivity contribution in [2.75, 3.05) is 20.1 Å². The van der Waals surface area contributed by atoms with Gasteiger partial charge in [0.2, 0.25) is 0 Å². The molecule has 0 radical (unpaired) electrons. The maximum atomic E-state index is 12.9. The van der Waals surface area contributed by atoms with Crippen molar-refractivity contribution in [3.8, 4) is 11.3 Å². The number of nitrogens with zero attached hydrogens (tertiary/aromatic N) is 3. The number of likely N-dealkylation sites (tertiary alicyclic amines) is 1. The number of likely N-dealkylation sites (N-methyl/N-ethyl adjacent to an activating group) is 1. The third kappa shape index (κ3) is 3.69. The number of benzene rings is 1. The van der Waals surface area contributed by atoms with Crippen molar-refractivity contribution < 1.29 is 13.2 Å². The first-order valence-corrected chi connectivity index (χ1v) is 7.61. The molecule has 1 fully saturated rings. The summed E-state index contributed by atoms with van der Waals surface area (Å²) in [6.45, 7) is 1.97. The van der Waals surface area contributed by atoms with Gasteiger partial charge in [-0.3, -0.25) is 4.98 Å². The average Bonchev–Trinajstić information content (AvgIpc) is 2.54. The molecule has 3 nitrogen and oxygen atoms in total. The Hall–Kier alpha value is -1.95. The fourth-order valence-corrected chi connectivity index (χ4v) is 2.98. The number of halogens is 3. The average molecular weight is 321 g/mol. The molecule has 1 aromatic carbocycles. The van der Waals surface area contributed by atoms with E-state index in [-0.39, 0.29) is 5.92 Å². The first-order valence-electron chi connectivity index (χ1n) is 7.61.